The van der Waals surface area contributed by atoms with Gasteiger partial charge in [-0.2, -0.15) is 0 Å². The highest BCUT2D eigenvalue weighted by Crippen LogP contribution is 2.21. The van der Waals surface area contributed by atoms with Gasteiger partial charge < -0.3 is 5.32 Å². The van der Waals surface area contributed by atoms with Crippen molar-refractivity contribution in [2.24, 2.45) is 0 Å². The molecule has 0 saturated carbocycles. The molecule has 17 heavy (non-hydrogen) atoms. The van der Waals surface area contributed by atoms with Crippen molar-refractivity contribution in [3.63, 3.8) is 0 Å². The fraction of sp³-hybridized carbons (Fsp3) is 0.154. The predicted octanol–water partition coefficient (Wildman–Crippen LogP) is 3.53. The molecule has 1 heterocycles. The molecule has 0 atom stereocenters. The smallest absolute Gasteiger partial charge is 0.164 e. The van der Waals surface area contributed by atoms with Gasteiger partial charge in [-0.15, -0.1) is 0 Å². The van der Waals surface area contributed by atoms with Gasteiger partial charge in [-0.1, -0.05) is 23.7 Å². The number of pyridine rings is 1. The van der Waals surface area contributed by atoms with Crippen LogP contribution in [0.1, 0.15) is 5.56 Å². The molecule has 0 saturated heterocycles. The number of halogens is 2. The Kier molecular flexibility index (Phi) is 3.94. The van der Waals surface area contributed by atoms with E-state index in [2.05, 4.69) is 10.3 Å². The quantitative estimate of drug-likeness (QED) is 0.898. The van der Waals surface area contributed by atoms with E-state index in [1.54, 1.807) is 24.5 Å². The molecule has 1 aromatic carbocycles. The van der Waals surface area contributed by atoms with Crippen molar-refractivity contribution in [2.75, 3.05) is 11.9 Å². The van der Waals surface area contributed by atoms with E-state index in [1.807, 2.05) is 12.1 Å². The Morgan fingerprint density at radius 1 is 1.24 bits per heavy atom. The van der Waals surface area contributed by atoms with Crippen LogP contribution in [0.2, 0.25) is 5.02 Å². The first-order valence-corrected chi connectivity index (χ1v) is 5.72. The molecule has 0 aliphatic carbocycles. The van der Waals surface area contributed by atoms with Crippen molar-refractivity contribution in [1.82, 2.24) is 4.98 Å². The van der Waals surface area contributed by atoms with Gasteiger partial charge in [0.25, 0.3) is 0 Å². The fourth-order valence-electron chi connectivity index (χ4n) is 1.53. The maximum absolute atomic E-state index is 13.5. The summed E-state index contributed by atoms with van der Waals surface area (Å²) in [5.41, 5.74) is 1.55. The van der Waals surface area contributed by atoms with Crippen molar-refractivity contribution >= 4 is 17.3 Å². The van der Waals surface area contributed by atoms with Gasteiger partial charge in [0.05, 0.1) is 10.7 Å². The number of hydrogen-bond acceptors (Lipinski definition) is 2. The van der Waals surface area contributed by atoms with Crippen LogP contribution < -0.4 is 5.32 Å². The van der Waals surface area contributed by atoms with Crippen LogP contribution >= 0.6 is 11.6 Å². The highest BCUT2D eigenvalue weighted by molar-refractivity contribution is 6.31. The third kappa shape index (κ3) is 3.17. The van der Waals surface area contributed by atoms with Gasteiger partial charge in [0.15, 0.2) is 5.82 Å². The molecule has 1 N–H and O–H groups in total. The second-order valence-electron chi connectivity index (χ2n) is 3.64. The molecule has 0 unspecified atom stereocenters. The maximum Gasteiger partial charge on any atom is 0.164 e. The predicted molar refractivity (Wildman–Crippen MR) is 67.8 cm³/mol. The minimum atomic E-state index is -0.402. The van der Waals surface area contributed by atoms with E-state index < -0.39 is 5.82 Å². The van der Waals surface area contributed by atoms with Crippen molar-refractivity contribution in [3.05, 3.63) is 59.1 Å². The monoisotopic (exact) mass is 250 g/mol. The second-order valence-corrected chi connectivity index (χ2v) is 4.05. The molecular formula is C13H12ClFN2. The first-order chi connectivity index (χ1) is 8.27. The molecule has 0 spiro atoms. The van der Waals surface area contributed by atoms with Crippen LogP contribution in [-0.4, -0.2) is 11.5 Å². The largest absolute Gasteiger partial charge is 0.382 e. The highest BCUT2D eigenvalue weighted by Gasteiger charge is 2.04. The molecular weight excluding hydrogens is 239 g/mol. The van der Waals surface area contributed by atoms with E-state index in [0.717, 1.165) is 12.0 Å². The van der Waals surface area contributed by atoms with Gasteiger partial charge in [0, 0.05) is 18.9 Å². The molecule has 0 aliphatic heterocycles. The molecule has 2 rings (SSSR count). The van der Waals surface area contributed by atoms with Crippen LogP contribution in [0.5, 0.6) is 0 Å². The van der Waals surface area contributed by atoms with Crippen LogP contribution in [0.3, 0.4) is 0 Å². The fourth-order valence-corrected chi connectivity index (χ4v) is 1.70. The summed E-state index contributed by atoms with van der Waals surface area (Å²) in [5, 5.41) is 3.15. The van der Waals surface area contributed by atoms with Crippen molar-refractivity contribution in [2.45, 2.75) is 6.42 Å². The molecule has 1 aromatic heterocycles. The Bertz CT molecular complexity index is 488. The van der Waals surface area contributed by atoms with Gasteiger partial charge in [-0.3, -0.25) is 4.98 Å². The molecule has 2 aromatic rings. The van der Waals surface area contributed by atoms with Crippen LogP contribution in [0.4, 0.5) is 10.1 Å². The Balaban J connectivity index is 1.93. The first-order valence-electron chi connectivity index (χ1n) is 5.34. The van der Waals surface area contributed by atoms with Crippen LogP contribution in [0.15, 0.2) is 42.7 Å². The number of nitrogens with one attached hydrogen (secondary N) is 1. The molecule has 0 bridgehead atoms. The summed E-state index contributed by atoms with van der Waals surface area (Å²) in [4.78, 5) is 4.02. The van der Waals surface area contributed by atoms with Gasteiger partial charge in [-0.25, -0.2) is 4.39 Å². The van der Waals surface area contributed by atoms with Gasteiger partial charge in [-0.05, 0) is 30.2 Å². The van der Waals surface area contributed by atoms with E-state index in [9.17, 15) is 4.39 Å². The van der Waals surface area contributed by atoms with Crippen LogP contribution in [-0.2, 0) is 6.42 Å². The average molecular weight is 251 g/mol. The van der Waals surface area contributed by atoms with Crippen LogP contribution in [0.25, 0.3) is 0 Å². The summed E-state index contributed by atoms with van der Waals surface area (Å²) in [7, 11) is 0. The molecule has 0 aliphatic rings. The Hall–Kier alpha value is -1.61. The number of hydrogen-bond donors (Lipinski definition) is 1. The topological polar surface area (TPSA) is 24.9 Å². The minimum absolute atomic E-state index is 0.136. The zero-order valence-corrected chi connectivity index (χ0v) is 9.91. The number of benzene rings is 1. The van der Waals surface area contributed by atoms with Crippen molar-refractivity contribution < 1.29 is 4.39 Å². The van der Waals surface area contributed by atoms with Gasteiger partial charge in [0.2, 0.25) is 0 Å². The average Bonchev–Trinajstić information content (AvgIpc) is 2.36. The van der Waals surface area contributed by atoms with E-state index in [4.69, 9.17) is 11.6 Å². The number of rotatable bonds is 4. The molecule has 0 radical (unpaired) electrons. The molecule has 2 nitrogen and oxygen atoms in total. The van der Waals surface area contributed by atoms with E-state index in [-0.39, 0.29) is 5.02 Å². The molecule has 4 heteroatoms. The Morgan fingerprint density at radius 3 is 2.88 bits per heavy atom. The Morgan fingerprint density at radius 2 is 2.12 bits per heavy atom. The van der Waals surface area contributed by atoms with Crippen molar-refractivity contribution in [3.8, 4) is 0 Å². The number of anilines is 1. The maximum atomic E-state index is 13.5. The number of aromatic nitrogens is 1. The number of nitrogens with zero attached hydrogens (tertiary/aromatic N) is 1. The third-order valence-corrected chi connectivity index (χ3v) is 2.70. The van der Waals surface area contributed by atoms with Gasteiger partial charge in [0.1, 0.15) is 0 Å². The SMILES string of the molecule is Fc1c(Cl)cccc1NCCc1cccnc1. The molecule has 88 valence electrons. The lowest BCUT2D eigenvalue weighted by atomic mass is 10.2. The van der Waals surface area contributed by atoms with E-state index in [0.29, 0.717) is 12.2 Å². The van der Waals surface area contributed by atoms with Crippen LogP contribution in [0, 0.1) is 5.82 Å². The summed E-state index contributed by atoms with van der Waals surface area (Å²) >= 11 is 5.68. The summed E-state index contributed by atoms with van der Waals surface area (Å²) in [6.07, 6.45) is 4.32. The summed E-state index contributed by atoms with van der Waals surface area (Å²) in [6, 6.07) is 8.80. The second kappa shape index (κ2) is 5.64. The minimum Gasteiger partial charge on any atom is -0.382 e. The lowest BCUT2D eigenvalue weighted by Crippen LogP contribution is -2.06. The normalized spacial score (nSPS) is 10.2. The highest BCUT2D eigenvalue weighted by atomic mass is 35.5. The van der Waals surface area contributed by atoms with Crippen molar-refractivity contribution in [1.29, 1.82) is 0 Å². The zero-order chi connectivity index (χ0) is 12.1. The lowest BCUT2D eigenvalue weighted by molar-refractivity contribution is 0.630. The first kappa shape index (κ1) is 11.9. The molecule has 0 fully saturated rings. The zero-order valence-electron chi connectivity index (χ0n) is 9.16. The van der Waals surface area contributed by atoms with Gasteiger partial charge >= 0.3 is 0 Å². The summed E-state index contributed by atoms with van der Waals surface area (Å²) in [6.45, 7) is 0.642. The Labute approximate surface area is 104 Å². The third-order valence-electron chi connectivity index (χ3n) is 2.40. The summed E-state index contributed by atoms with van der Waals surface area (Å²) in [5.74, 6) is -0.402. The van der Waals surface area contributed by atoms with E-state index >= 15 is 0 Å². The van der Waals surface area contributed by atoms with E-state index in [1.165, 1.54) is 6.07 Å². The standard InChI is InChI=1S/C13H12ClFN2/c14-11-4-1-5-12(13(11)15)17-8-6-10-3-2-7-16-9-10/h1-5,7,9,17H,6,8H2. The molecule has 0 amide bonds. The lowest BCUT2D eigenvalue weighted by Gasteiger charge is -2.08. The summed E-state index contributed by atoms with van der Waals surface area (Å²) < 4.78 is 13.5.